The minimum Gasteiger partial charge on any atom is -0.392 e. The molecule has 2 N–H and O–H groups in total. The maximum Gasteiger partial charge on any atom is 0.253 e. The Morgan fingerprint density at radius 2 is 1.57 bits per heavy atom. The van der Waals surface area contributed by atoms with E-state index in [2.05, 4.69) is 6.08 Å². The third-order valence-corrected chi connectivity index (χ3v) is 12.1. The van der Waals surface area contributed by atoms with E-state index in [-0.39, 0.29) is 24.5 Å². The molecule has 6 aliphatic rings. The van der Waals surface area contributed by atoms with Crippen molar-refractivity contribution >= 4 is 11.6 Å². The molecule has 6 atom stereocenters. The Kier molecular flexibility index (Phi) is 8.99. The first-order valence-electron chi connectivity index (χ1n) is 17.4. The van der Waals surface area contributed by atoms with Crippen LogP contribution in [0.3, 0.4) is 0 Å². The van der Waals surface area contributed by atoms with Crippen LogP contribution < -0.4 is 4.90 Å². The fourth-order valence-electron chi connectivity index (χ4n) is 10.8. The van der Waals surface area contributed by atoms with Gasteiger partial charge in [-0.25, -0.2) is 0 Å². The van der Waals surface area contributed by atoms with Crippen LogP contribution in [0.1, 0.15) is 76.2 Å². The molecule has 44 heavy (non-hydrogen) atoms. The van der Waals surface area contributed by atoms with Crippen molar-refractivity contribution in [2.75, 3.05) is 18.1 Å². The second-order valence-corrected chi connectivity index (χ2v) is 15.4. The summed E-state index contributed by atoms with van der Waals surface area (Å²) in [5, 5.41) is 22.0. The summed E-state index contributed by atoms with van der Waals surface area (Å²) in [5.41, 5.74) is 2.34. The van der Waals surface area contributed by atoms with Gasteiger partial charge >= 0.3 is 0 Å². The third-order valence-electron chi connectivity index (χ3n) is 12.1. The SMILES string of the molecule is O=C(COCCC1C[C@@H]2C[C@H](O)[C@@H](C=CC(O)CC34CC5CC(CC(C5)C3)C4)[C@@H]2C1)N(Cc1ccccc1)c1ccccc1. The molecule has 1 amide bonds. The minimum atomic E-state index is -0.391. The monoisotopic (exact) mass is 597 g/mol. The Balaban J connectivity index is 0.879. The molecule has 5 heteroatoms. The van der Waals surface area contributed by atoms with Gasteiger partial charge in [-0.05, 0) is 129 Å². The quantitative estimate of drug-likeness (QED) is 0.201. The number of aliphatic hydroxyl groups is 2. The topological polar surface area (TPSA) is 70.0 Å². The highest BCUT2D eigenvalue weighted by Gasteiger charge is 2.51. The van der Waals surface area contributed by atoms with Gasteiger partial charge in [0.25, 0.3) is 5.91 Å². The second-order valence-electron chi connectivity index (χ2n) is 15.4. The first-order chi connectivity index (χ1) is 21.4. The average molecular weight is 598 g/mol. The summed E-state index contributed by atoms with van der Waals surface area (Å²) >= 11 is 0. The molecule has 0 radical (unpaired) electrons. The van der Waals surface area contributed by atoms with Crippen molar-refractivity contribution in [3.8, 4) is 0 Å². The molecule has 0 spiro atoms. The highest BCUT2D eigenvalue weighted by atomic mass is 16.5. The zero-order chi connectivity index (χ0) is 30.1. The summed E-state index contributed by atoms with van der Waals surface area (Å²) in [4.78, 5) is 15.1. The van der Waals surface area contributed by atoms with Crippen molar-refractivity contribution in [3.63, 3.8) is 0 Å². The standard InChI is InChI=1S/C39H51NO4/c41-34(24-39-21-29-15-30(22-39)17-31(16-29)23-39)11-12-35-36-19-28(18-32(36)20-37(35)42)13-14-44-26-38(43)40(33-9-5-2-6-10-33)25-27-7-3-1-4-8-27/h1-12,28-32,34-37,41-42H,13-26H2/t28?,29?,30?,31?,32-,34?,35+,36-,37+,39?/m1/s1. The molecule has 2 aromatic rings. The number of hydrogen-bond donors (Lipinski definition) is 2. The molecule has 6 saturated carbocycles. The van der Waals surface area contributed by atoms with Crippen LogP contribution in [0, 0.1) is 46.8 Å². The fraction of sp³-hybridized carbons (Fsp3) is 0.615. The Bertz CT molecular complexity index is 1240. The van der Waals surface area contributed by atoms with Gasteiger partial charge in [-0.1, -0.05) is 60.7 Å². The van der Waals surface area contributed by atoms with Gasteiger partial charge in [-0.2, -0.15) is 0 Å². The molecule has 2 unspecified atom stereocenters. The summed E-state index contributed by atoms with van der Waals surface area (Å²) in [5.74, 6) is 4.44. The lowest BCUT2D eigenvalue weighted by molar-refractivity contribution is -0.123. The van der Waals surface area contributed by atoms with Crippen molar-refractivity contribution in [1.29, 1.82) is 0 Å². The smallest absolute Gasteiger partial charge is 0.253 e. The molecule has 236 valence electrons. The van der Waals surface area contributed by atoms with Gasteiger partial charge in [0.15, 0.2) is 0 Å². The lowest BCUT2D eigenvalue weighted by Gasteiger charge is -2.57. The Morgan fingerprint density at radius 1 is 0.909 bits per heavy atom. The molecule has 8 rings (SSSR count). The number of aliphatic hydroxyl groups excluding tert-OH is 2. The molecule has 6 fully saturated rings. The molecule has 0 saturated heterocycles. The highest BCUT2D eigenvalue weighted by Crippen LogP contribution is 2.61. The predicted octanol–water partition coefficient (Wildman–Crippen LogP) is 7.17. The number of rotatable bonds is 12. The number of hydrogen-bond acceptors (Lipinski definition) is 4. The number of carbonyl (C=O) groups excluding carboxylic acids is 1. The maximum atomic E-state index is 13.3. The van der Waals surface area contributed by atoms with E-state index in [1.807, 2.05) is 71.6 Å². The van der Waals surface area contributed by atoms with Gasteiger partial charge in [0.2, 0.25) is 0 Å². The van der Waals surface area contributed by atoms with Crippen molar-refractivity contribution in [2.45, 2.75) is 89.4 Å². The summed E-state index contributed by atoms with van der Waals surface area (Å²) < 4.78 is 5.97. The molecule has 0 heterocycles. The zero-order valence-electron chi connectivity index (χ0n) is 26.2. The van der Waals surface area contributed by atoms with E-state index in [9.17, 15) is 15.0 Å². The van der Waals surface area contributed by atoms with Gasteiger partial charge in [-0.3, -0.25) is 4.79 Å². The van der Waals surface area contributed by atoms with Crippen molar-refractivity contribution < 1.29 is 19.7 Å². The van der Waals surface area contributed by atoms with Crippen molar-refractivity contribution in [3.05, 3.63) is 78.4 Å². The predicted molar refractivity (Wildman–Crippen MR) is 174 cm³/mol. The van der Waals surface area contributed by atoms with Crippen molar-refractivity contribution in [2.24, 2.45) is 46.8 Å². The lowest BCUT2D eigenvalue weighted by Crippen LogP contribution is -2.47. The highest BCUT2D eigenvalue weighted by molar-refractivity contribution is 5.94. The molecular weight excluding hydrogens is 546 g/mol. The zero-order valence-corrected chi connectivity index (χ0v) is 26.2. The molecular formula is C39H51NO4. The van der Waals surface area contributed by atoms with E-state index in [1.54, 1.807) is 0 Å². The fourth-order valence-corrected chi connectivity index (χ4v) is 10.8. The average Bonchev–Trinajstić information content (AvgIpc) is 3.52. The maximum absolute atomic E-state index is 13.3. The summed E-state index contributed by atoms with van der Waals surface area (Å²) in [7, 11) is 0. The largest absolute Gasteiger partial charge is 0.392 e. The summed E-state index contributed by atoms with van der Waals surface area (Å²) in [6.07, 6.45) is 16.8. The van der Waals surface area contributed by atoms with E-state index in [0.29, 0.717) is 36.3 Å². The number of anilines is 1. The van der Waals surface area contributed by atoms with Crippen LogP contribution in [0.5, 0.6) is 0 Å². The van der Waals surface area contributed by atoms with Crippen LogP contribution in [0.15, 0.2) is 72.8 Å². The number of carbonyl (C=O) groups is 1. The summed E-state index contributed by atoms with van der Waals surface area (Å²) in [6.45, 7) is 1.18. The number of para-hydroxylation sites is 1. The normalized spacial score (nSPS) is 36.1. The van der Waals surface area contributed by atoms with E-state index in [1.165, 1.54) is 38.5 Å². The van der Waals surface area contributed by atoms with Crippen molar-refractivity contribution in [1.82, 2.24) is 0 Å². The molecule has 0 aromatic heterocycles. The minimum absolute atomic E-state index is 0.0243. The van der Waals surface area contributed by atoms with Crippen LogP contribution >= 0.6 is 0 Å². The lowest BCUT2D eigenvalue weighted by atomic mass is 9.48. The molecule has 5 nitrogen and oxygen atoms in total. The second kappa shape index (κ2) is 13.1. The Hall–Kier alpha value is -2.47. The third kappa shape index (κ3) is 6.71. The number of nitrogens with zero attached hydrogens (tertiary/aromatic N) is 1. The van der Waals surface area contributed by atoms with Crippen LogP contribution in [0.2, 0.25) is 0 Å². The van der Waals surface area contributed by atoms with Crippen LogP contribution in [-0.4, -0.2) is 41.5 Å². The van der Waals surface area contributed by atoms with Gasteiger partial charge in [-0.15, -0.1) is 0 Å². The molecule has 0 aliphatic heterocycles. The van der Waals surface area contributed by atoms with Gasteiger partial charge in [0, 0.05) is 18.2 Å². The number of ether oxygens (including phenoxy) is 1. The first-order valence-corrected chi connectivity index (χ1v) is 17.4. The van der Waals surface area contributed by atoms with Gasteiger partial charge in [0.1, 0.15) is 6.61 Å². The van der Waals surface area contributed by atoms with Gasteiger partial charge in [0.05, 0.1) is 18.8 Å². The number of amides is 1. The van der Waals surface area contributed by atoms with Crippen LogP contribution in [0.25, 0.3) is 0 Å². The van der Waals surface area contributed by atoms with E-state index in [0.717, 1.165) is 61.1 Å². The van der Waals surface area contributed by atoms with E-state index >= 15 is 0 Å². The van der Waals surface area contributed by atoms with Crippen LogP contribution in [-0.2, 0) is 16.1 Å². The number of benzene rings is 2. The number of fused-ring (bicyclic) bond motifs is 1. The van der Waals surface area contributed by atoms with E-state index < -0.39 is 6.10 Å². The van der Waals surface area contributed by atoms with Crippen LogP contribution in [0.4, 0.5) is 5.69 Å². The summed E-state index contributed by atoms with van der Waals surface area (Å²) in [6, 6.07) is 19.9. The molecule has 4 bridgehead atoms. The first kappa shape index (κ1) is 30.2. The molecule has 2 aromatic carbocycles. The van der Waals surface area contributed by atoms with E-state index in [4.69, 9.17) is 4.74 Å². The Labute approximate surface area is 263 Å². The molecule has 6 aliphatic carbocycles. The van der Waals surface area contributed by atoms with Gasteiger partial charge < -0.3 is 19.8 Å². The Morgan fingerprint density at radius 3 is 2.25 bits per heavy atom.